The molecule has 0 bridgehead atoms. The van der Waals surface area contributed by atoms with Crippen LogP contribution in [-0.2, 0) is 0 Å². The van der Waals surface area contributed by atoms with Crippen molar-refractivity contribution in [1.82, 2.24) is 9.88 Å². The van der Waals surface area contributed by atoms with Crippen LogP contribution in [-0.4, -0.2) is 36.6 Å². The Bertz CT molecular complexity index is 606. The number of hydrogen-bond donors (Lipinski definition) is 1. The number of pyridine rings is 1. The van der Waals surface area contributed by atoms with Gasteiger partial charge in [-0.2, -0.15) is 0 Å². The van der Waals surface area contributed by atoms with Gasteiger partial charge in [0, 0.05) is 34.9 Å². The molecule has 1 heterocycles. The van der Waals surface area contributed by atoms with E-state index in [0.29, 0.717) is 6.04 Å². The van der Waals surface area contributed by atoms with Crippen molar-refractivity contribution >= 4 is 28.2 Å². The molecule has 106 valence electrons. The topological polar surface area (TPSA) is 28.2 Å². The van der Waals surface area contributed by atoms with Gasteiger partial charge < -0.3 is 10.2 Å². The molecule has 1 N–H and O–H groups in total. The van der Waals surface area contributed by atoms with Gasteiger partial charge in [-0.15, -0.1) is 0 Å². The van der Waals surface area contributed by atoms with Crippen LogP contribution in [0.3, 0.4) is 0 Å². The fourth-order valence-corrected chi connectivity index (χ4v) is 2.91. The third-order valence-corrected chi connectivity index (χ3v) is 4.27. The number of aromatic nitrogens is 1. The number of rotatable bonds is 5. The van der Waals surface area contributed by atoms with Crippen LogP contribution in [0.25, 0.3) is 10.9 Å². The minimum atomic E-state index is 0.595. The van der Waals surface area contributed by atoms with Crippen molar-refractivity contribution in [2.45, 2.75) is 18.9 Å². The molecule has 20 heavy (non-hydrogen) atoms. The molecule has 1 saturated carbocycles. The van der Waals surface area contributed by atoms with E-state index in [1.165, 1.54) is 12.8 Å². The number of nitrogens with zero attached hydrogens (tertiary/aromatic N) is 2. The Hall–Kier alpha value is -1.32. The number of anilines is 1. The summed E-state index contributed by atoms with van der Waals surface area (Å²) in [6.07, 6.45) is 4.56. The Kier molecular flexibility index (Phi) is 3.81. The molecule has 1 aliphatic rings. The largest absolute Gasteiger partial charge is 0.383 e. The van der Waals surface area contributed by atoms with Gasteiger partial charge in [0.25, 0.3) is 0 Å². The highest BCUT2D eigenvalue weighted by Gasteiger charge is 2.32. The number of halogens is 1. The highest BCUT2D eigenvalue weighted by Crippen LogP contribution is 2.35. The molecular formula is C16H20ClN3. The summed E-state index contributed by atoms with van der Waals surface area (Å²) in [7, 11) is 4.32. The van der Waals surface area contributed by atoms with Gasteiger partial charge in [-0.05, 0) is 57.1 Å². The van der Waals surface area contributed by atoms with E-state index in [9.17, 15) is 0 Å². The Morgan fingerprint density at radius 1 is 1.35 bits per heavy atom. The van der Waals surface area contributed by atoms with Crippen LogP contribution in [0.1, 0.15) is 12.8 Å². The van der Waals surface area contributed by atoms with Crippen LogP contribution in [0, 0.1) is 5.92 Å². The van der Waals surface area contributed by atoms with E-state index < -0.39 is 0 Å². The van der Waals surface area contributed by atoms with Crippen molar-refractivity contribution in [2.75, 3.05) is 26.0 Å². The minimum Gasteiger partial charge on any atom is -0.383 e. The summed E-state index contributed by atoms with van der Waals surface area (Å²) < 4.78 is 0. The van der Waals surface area contributed by atoms with E-state index in [1.807, 2.05) is 30.5 Å². The second-order valence-corrected chi connectivity index (χ2v) is 6.21. The smallest absolute Gasteiger partial charge is 0.0723 e. The zero-order valence-electron chi connectivity index (χ0n) is 11.9. The molecule has 1 aromatic heterocycles. The molecule has 0 radical (unpaired) electrons. The Morgan fingerprint density at radius 3 is 2.85 bits per heavy atom. The van der Waals surface area contributed by atoms with Crippen molar-refractivity contribution in [1.29, 1.82) is 0 Å². The van der Waals surface area contributed by atoms with Crippen LogP contribution < -0.4 is 5.32 Å². The Labute approximate surface area is 124 Å². The monoisotopic (exact) mass is 289 g/mol. The molecule has 3 nitrogen and oxygen atoms in total. The van der Waals surface area contributed by atoms with Gasteiger partial charge in [0.15, 0.2) is 0 Å². The molecule has 1 unspecified atom stereocenters. The van der Waals surface area contributed by atoms with E-state index >= 15 is 0 Å². The second-order valence-electron chi connectivity index (χ2n) is 5.77. The maximum absolute atomic E-state index is 6.10. The number of hydrogen-bond acceptors (Lipinski definition) is 3. The lowest BCUT2D eigenvalue weighted by atomic mass is 10.1. The zero-order valence-corrected chi connectivity index (χ0v) is 12.7. The molecule has 0 aliphatic heterocycles. The van der Waals surface area contributed by atoms with Gasteiger partial charge in [0.1, 0.15) is 0 Å². The molecule has 1 aliphatic carbocycles. The Morgan fingerprint density at radius 2 is 2.15 bits per heavy atom. The van der Waals surface area contributed by atoms with Crippen molar-refractivity contribution in [3.63, 3.8) is 0 Å². The van der Waals surface area contributed by atoms with Crippen LogP contribution >= 0.6 is 11.6 Å². The first-order valence-electron chi connectivity index (χ1n) is 7.10. The van der Waals surface area contributed by atoms with E-state index in [2.05, 4.69) is 29.3 Å². The zero-order chi connectivity index (χ0) is 14.1. The second kappa shape index (κ2) is 5.58. The lowest BCUT2D eigenvalue weighted by molar-refractivity contribution is 0.276. The minimum absolute atomic E-state index is 0.595. The standard InChI is InChI=1S/C16H20ClN3/c1-20(2)16(11-3-4-11)10-19-15-7-8-18-14-6-5-12(17)9-13(14)15/h5-9,11,16H,3-4,10H2,1-2H3,(H,18,19). The molecule has 1 aromatic carbocycles. The quantitative estimate of drug-likeness (QED) is 0.911. The molecular weight excluding hydrogens is 270 g/mol. The first-order valence-corrected chi connectivity index (χ1v) is 7.47. The van der Waals surface area contributed by atoms with E-state index in [4.69, 9.17) is 11.6 Å². The number of likely N-dealkylation sites (N-methyl/N-ethyl adjacent to an activating group) is 1. The molecule has 2 aromatic rings. The van der Waals surface area contributed by atoms with Crippen LogP contribution in [0.4, 0.5) is 5.69 Å². The molecule has 0 saturated heterocycles. The molecule has 0 amide bonds. The number of benzene rings is 1. The predicted octanol–water partition coefficient (Wildman–Crippen LogP) is 3.64. The third kappa shape index (κ3) is 2.89. The number of nitrogens with one attached hydrogen (secondary N) is 1. The summed E-state index contributed by atoms with van der Waals surface area (Å²) in [4.78, 5) is 6.70. The first kappa shape index (κ1) is 13.7. The van der Waals surface area contributed by atoms with Gasteiger partial charge in [0.05, 0.1) is 5.52 Å². The lowest BCUT2D eigenvalue weighted by Gasteiger charge is -2.25. The third-order valence-electron chi connectivity index (χ3n) is 4.03. The predicted molar refractivity (Wildman–Crippen MR) is 85.4 cm³/mol. The SMILES string of the molecule is CN(C)C(CNc1ccnc2ccc(Cl)cc12)C1CC1. The average molecular weight is 290 g/mol. The van der Waals surface area contributed by atoms with Gasteiger partial charge in [-0.1, -0.05) is 11.6 Å². The highest BCUT2D eigenvalue weighted by molar-refractivity contribution is 6.31. The lowest BCUT2D eigenvalue weighted by Crippen LogP contribution is -2.36. The molecule has 1 atom stereocenters. The molecule has 3 rings (SSSR count). The summed E-state index contributed by atoms with van der Waals surface area (Å²) >= 11 is 6.10. The summed E-state index contributed by atoms with van der Waals surface area (Å²) in [5, 5.41) is 5.42. The van der Waals surface area contributed by atoms with E-state index in [1.54, 1.807) is 0 Å². The van der Waals surface area contributed by atoms with Crippen LogP contribution in [0.15, 0.2) is 30.5 Å². The van der Waals surface area contributed by atoms with E-state index in [-0.39, 0.29) is 0 Å². The number of fused-ring (bicyclic) bond motifs is 1. The highest BCUT2D eigenvalue weighted by atomic mass is 35.5. The first-order chi connectivity index (χ1) is 9.65. The van der Waals surface area contributed by atoms with Crippen molar-refractivity contribution in [3.05, 3.63) is 35.5 Å². The molecule has 4 heteroatoms. The fourth-order valence-electron chi connectivity index (χ4n) is 2.74. The maximum Gasteiger partial charge on any atom is 0.0723 e. The van der Waals surface area contributed by atoms with E-state index in [0.717, 1.165) is 34.1 Å². The van der Waals surface area contributed by atoms with Gasteiger partial charge in [-0.25, -0.2) is 0 Å². The normalized spacial score (nSPS) is 16.6. The molecule has 1 fully saturated rings. The van der Waals surface area contributed by atoms with Crippen molar-refractivity contribution in [3.8, 4) is 0 Å². The average Bonchev–Trinajstić information content (AvgIpc) is 3.23. The van der Waals surface area contributed by atoms with Crippen LogP contribution in [0.5, 0.6) is 0 Å². The fraction of sp³-hybridized carbons (Fsp3) is 0.438. The maximum atomic E-state index is 6.10. The van der Waals surface area contributed by atoms with Crippen molar-refractivity contribution < 1.29 is 0 Å². The van der Waals surface area contributed by atoms with Gasteiger partial charge in [-0.3, -0.25) is 4.98 Å². The molecule has 0 spiro atoms. The summed E-state index contributed by atoms with van der Waals surface area (Å²) in [6, 6.07) is 8.45. The van der Waals surface area contributed by atoms with Crippen molar-refractivity contribution in [2.24, 2.45) is 5.92 Å². The van der Waals surface area contributed by atoms with Gasteiger partial charge in [0.2, 0.25) is 0 Å². The summed E-state index contributed by atoms with van der Waals surface area (Å²) in [5.41, 5.74) is 2.09. The Balaban J connectivity index is 1.81. The van der Waals surface area contributed by atoms with Gasteiger partial charge >= 0.3 is 0 Å². The van der Waals surface area contributed by atoms with Crippen LogP contribution in [0.2, 0.25) is 5.02 Å². The summed E-state index contributed by atoms with van der Waals surface area (Å²) in [5.74, 6) is 0.842. The summed E-state index contributed by atoms with van der Waals surface area (Å²) in [6.45, 7) is 0.962.